The van der Waals surface area contributed by atoms with Crippen LogP contribution >= 0.6 is 27.3 Å². The lowest BCUT2D eigenvalue weighted by Gasteiger charge is -2.31. The van der Waals surface area contributed by atoms with E-state index in [1.165, 1.54) is 0 Å². The summed E-state index contributed by atoms with van der Waals surface area (Å²) in [5.41, 5.74) is 4.73. The topological polar surface area (TPSA) is 68.3 Å². The van der Waals surface area contributed by atoms with Gasteiger partial charge in [0.25, 0.3) is 0 Å². The van der Waals surface area contributed by atoms with Gasteiger partial charge in [-0.1, -0.05) is 12.1 Å². The molecule has 0 saturated heterocycles. The van der Waals surface area contributed by atoms with Gasteiger partial charge in [0.05, 0.1) is 5.57 Å². The first kappa shape index (κ1) is 22.0. The van der Waals surface area contributed by atoms with Crippen LogP contribution in [0.4, 0.5) is 0 Å². The number of hydrogen-bond donors (Lipinski definition) is 1. The number of allylic oxidation sites excluding steroid dienone is 3. The number of nitrogens with zero attached hydrogens (tertiary/aromatic N) is 1. The number of aromatic nitrogens is 1. The number of thiophene rings is 1. The molecule has 168 valence electrons. The molecule has 1 aliphatic heterocycles. The fraction of sp³-hybridized carbons (Fsp3) is 0.269. The number of benzene rings is 1. The number of ketones is 1. The van der Waals surface area contributed by atoms with Gasteiger partial charge in [-0.2, -0.15) is 0 Å². The molecular weight excluding hydrogens is 500 g/mol. The van der Waals surface area contributed by atoms with Crippen LogP contribution in [0.3, 0.4) is 0 Å². The highest BCUT2D eigenvalue weighted by Crippen LogP contribution is 2.49. The van der Waals surface area contributed by atoms with Crippen LogP contribution in [0.5, 0.6) is 0 Å². The van der Waals surface area contributed by atoms with Crippen LogP contribution < -0.4 is 5.32 Å². The summed E-state index contributed by atoms with van der Waals surface area (Å²) in [6.45, 7) is 3.65. The van der Waals surface area contributed by atoms with Crippen molar-refractivity contribution < 1.29 is 14.3 Å². The highest BCUT2D eigenvalue weighted by molar-refractivity contribution is 9.10. The first-order chi connectivity index (χ1) is 16.0. The number of fused-ring (bicyclic) bond motifs is 1. The van der Waals surface area contributed by atoms with Crippen LogP contribution in [-0.2, 0) is 20.9 Å². The third-order valence-electron chi connectivity index (χ3n) is 6.19. The van der Waals surface area contributed by atoms with Gasteiger partial charge in [0.2, 0.25) is 0 Å². The Balaban J connectivity index is 1.63. The Labute approximate surface area is 204 Å². The third kappa shape index (κ3) is 4.15. The Morgan fingerprint density at radius 3 is 2.64 bits per heavy atom. The van der Waals surface area contributed by atoms with Crippen molar-refractivity contribution >= 4 is 49.1 Å². The molecule has 3 heterocycles. The van der Waals surface area contributed by atoms with Crippen molar-refractivity contribution in [1.82, 2.24) is 10.3 Å². The molecule has 1 unspecified atom stereocenters. The second-order valence-electron chi connectivity index (χ2n) is 8.49. The van der Waals surface area contributed by atoms with E-state index in [9.17, 15) is 9.59 Å². The number of rotatable bonds is 6. The number of ether oxygens (including phenoxy) is 1. The fourth-order valence-corrected chi connectivity index (χ4v) is 6.17. The molecule has 1 aromatic carbocycles. The van der Waals surface area contributed by atoms with Gasteiger partial charge in [0.1, 0.15) is 6.61 Å². The maximum absolute atomic E-state index is 13.6. The molecule has 0 spiro atoms. The largest absolute Gasteiger partial charge is 0.457 e. The van der Waals surface area contributed by atoms with Gasteiger partial charge in [-0.15, -0.1) is 11.3 Å². The average Bonchev–Trinajstić information content (AvgIpc) is 3.56. The van der Waals surface area contributed by atoms with Crippen LogP contribution in [0, 0.1) is 5.92 Å². The van der Waals surface area contributed by atoms with Crippen LogP contribution in [0.1, 0.15) is 43.7 Å². The van der Waals surface area contributed by atoms with Crippen molar-refractivity contribution in [2.75, 3.05) is 0 Å². The van der Waals surface area contributed by atoms with E-state index in [4.69, 9.17) is 4.74 Å². The van der Waals surface area contributed by atoms with Gasteiger partial charge in [0, 0.05) is 44.5 Å². The first-order valence-electron chi connectivity index (χ1n) is 10.9. The van der Waals surface area contributed by atoms with E-state index in [0.29, 0.717) is 11.1 Å². The molecule has 3 aromatic rings. The lowest BCUT2D eigenvalue weighted by atomic mass is 9.78. The number of dihydropyridines is 1. The quantitative estimate of drug-likeness (QED) is 0.401. The zero-order valence-electron chi connectivity index (χ0n) is 18.4. The number of esters is 1. The summed E-state index contributed by atoms with van der Waals surface area (Å²) in [6, 6.07) is 9.70. The minimum Gasteiger partial charge on any atom is -0.457 e. The fourth-order valence-electron chi connectivity index (χ4n) is 4.52. The van der Waals surface area contributed by atoms with Crippen LogP contribution in [0.15, 0.2) is 75.1 Å². The van der Waals surface area contributed by atoms with Crippen LogP contribution in [-0.4, -0.2) is 16.7 Å². The summed E-state index contributed by atoms with van der Waals surface area (Å²) in [7, 11) is 0. The second-order valence-corrected chi connectivity index (χ2v) is 10.2. The van der Waals surface area contributed by atoms with Crippen molar-refractivity contribution in [3.8, 4) is 0 Å². The molecule has 33 heavy (non-hydrogen) atoms. The Morgan fingerprint density at radius 2 is 1.94 bits per heavy atom. The third-order valence-corrected chi connectivity index (χ3v) is 8.16. The molecule has 1 N–H and O–H groups in total. The van der Waals surface area contributed by atoms with E-state index in [0.717, 1.165) is 49.9 Å². The summed E-state index contributed by atoms with van der Waals surface area (Å²) >= 11 is 5.26. The van der Waals surface area contributed by atoms with E-state index in [1.807, 2.05) is 31.2 Å². The first-order valence-corrected chi connectivity index (χ1v) is 12.6. The lowest BCUT2D eigenvalue weighted by molar-refractivity contribution is -0.140. The molecule has 7 heteroatoms. The molecule has 0 radical (unpaired) electrons. The number of Topliss-reactive ketones (excluding diaryl/α,β-unsaturated/α-hetero) is 1. The monoisotopic (exact) mass is 522 g/mol. The van der Waals surface area contributed by atoms with Crippen molar-refractivity contribution in [1.29, 1.82) is 0 Å². The van der Waals surface area contributed by atoms with E-state index < -0.39 is 5.92 Å². The highest BCUT2D eigenvalue weighted by atomic mass is 79.9. The SMILES string of the molecule is CC(=O)C1=C(C)NC(C2CC2)=C(C(=O)OCc2ccncc2)C1c1csc2c(Br)cccc12. The molecule has 1 saturated carbocycles. The average molecular weight is 523 g/mol. The molecule has 1 atom stereocenters. The summed E-state index contributed by atoms with van der Waals surface area (Å²) in [4.78, 5) is 30.5. The van der Waals surface area contributed by atoms with Crippen molar-refractivity contribution in [2.45, 2.75) is 39.2 Å². The summed E-state index contributed by atoms with van der Waals surface area (Å²) in [5.74, 6) is -0.608. The van der Waals surface area contributed by atoms with Gasteiger partial charge in [-0.05, 0) is 88.6 Å². The zero-order chi connectivity index (χ0) is 23.1. The molecule has 2 aromatic heterocycles. The van der Waals surface area contributed by atoms with E-state index in [2.05, 4.69) is 37.7 Å². The Morgan fingerprint density at radius 1 is 1.18 bits per heavy atom. The molecule has 2 aliphatic rings. The Hall–Kier alpha value is -2.77. The lowest BCUT2D eigenvalue weighted by Crippen LogP contribution is -2.32. The number of carbonyl (C=O) groups excluding carboxylic acids is 2. The van der Waals surface area contributed by atoms with Gasteiger partial charge in [-0.25, -0.2) is 4.79 Å². The molecule has 0 bridgehead atoms. The number of carbonyl (C=O) groups is 2. The van der Waals surface area contributed by atoms with Gasteiger partial charge in [0.15, 0.2) is 5.78 Å². The van der Waals surface area contributed by atoms with Gasteiger partial charge >= 0.3 is 5.97 Å². The molecule has 1 aliphatic carbocycles. The summed E-state index contributed by atoms with van der Waals surface area (Å²) < 4.78 is 7.90. The van der Waals surface area contributed by atoms with Crippen LogP contribution in [0.2, 0.25) is 0 Å². The molecule has 5 rings (SSSR count). The van der Waals surface area contributed by atoms with Crippen molar-refractivity contribution in [3.63, 3.8) is 0 Å². The number of halogens is 1. The summed E-state index contributed by atoms with van der Waals surface area (Å²) in [5, 5.41) is 6.53. The number of nitrogens with one attached hydrogen (secondary N) is 1. The second kappa shape index (κ2) is 8.88. The molecule has 5 nitrogen and oxygen atoms in total. The maximum atomic E-state index is 13.6. The number of pyridine rings is 1. The van der Waals surface area contributed by atoms with E-state index >= 15 is 0 Å². The predicted octanol–water partition coefficient (Wildman–Crippen LogP) is 6.02. The smallest absolute Gasteiger partial charge is 0.337 e. The van der Waals surface area contributed by atoms with Gasteiger partial charge in [-0.3, -0.25) is 9.78 Å². The van der Waals surface area contributed by atoms with E-state index in [-0.39, 0.29) is 24.3 Å². The minimum absolute atomic E-state index is 0.0476. The van der Waals surface area contributed by atoms with E-state index in [1.54, 1.807) is 30.7 Å². The zero-order valence-corrected chi connectivity index (χ0v) is 20.8. The number of hydrogen-bond acceptors (Lipinski definition) is 6. The van der Waals surface area contributed by atoms with Gasteiger partial charge < -0.3 is 10.1 Å². The molecule has 1 fully saturated rings. The van der Waals surface area contributed by atoms with Crippen molar-refractivity contribution in [3.05, 3.63) is 86.2 Å². The Kier molecular flexibility index (Phi) is 5.93. The molecular formula is C26H23BrN2O3S. The Bertz CT molecular complexity index is 1320. The summed E-state index contributed by atoms with van der Waals surface area (Å²) in [6.07, 6.45) is 5.40. The predicted molar refractivity (Wildman–Crippen MR) is 133 cm³/mol. The molecule has 0 amide bonds. The van der Waals surface area contributed by atoms with Crippen LogP contribution in [0.25, 0.3) is 10.1 Å². The normalized spacial score (nSPS) is 18.5. The standard InChI is InChI=1S/C26H23BrN2O3S/c1-14-21(15(2)30)22(19-13-33-25-18(19)4-3-5-20(25)27)23(24(29-14)17-6-7-17)26(31)32-12-16-8-10-28-11-9-16/h3-5,8-11,13,17,22,29H,6-7,12H2,1-2H3. The minimum atomic E-state index is -0.465. The highest BCUT2D eigenvalue weighted by Gasteiger charge is 2.42. The van der Waals surface area contributed by atoms with Crippen molar-refractivity contribution in [2.24, 2.45) is 5.92 Å². The maximum Gasteiger partial charge on any atom is 0.337 e.